The van der Waals surface area contributed by atoms with Gasteiger partial charge in [0.1, 0.15) is 0 Å². The third-order valence-electron chi connectivity index (χ3n) is 3.69. The minimum absolute atomic E-state index is 0.254. The molecule has 3 heteroatoms. The van der Waals surface area contributed by atoms with Crippen LogP contribution < -0.4 is 0 Å². The van der Waals surface area contributed by atoms with Crippen LogP contribution in [0.2, 0.25) is 0 Å². The lowest BCUT2D eigenvalue weighted by Gasteiger charge is -2.16. The Hall–Kier alpha value is -1.61. The van der Waals surface area contributed by atoms with Crippen LogP contribution in [-0.2, 0) is 19.4 Å². The standard InChI is InChI=1S/C15H18N2O/c18-15-3-1-2-13-10-17(11-14(13)15)9-6-12-4-7-16-8-5-12/h4-5,7-8,10-11,15,18H,1-3,6,9H2. The molecule has 0 fully saturated rings. The molecule has 2 aromatic heterocycles. The summed E-state index contributed by atoms with van der Waals surface area (Å²) in [6, 6.07) is 4.11. The van der Waals surface area contributed by atoms with Gasteiger partial charge in [0.2, 0.25) is 0 Å². The molecule has 0 saturated carbocycles. The Kier molecular flexibility index (Phi) is 3.15. The highest BCUT2D eigenvalue weighted by Crippen LogP contribution is 2.30. The zero-order valence-electron chi connectivity index (χ0n) is 10.4. The molecule has 2 aromatic rings. The van der Waals surface area contributed by atoms with Gasteiger partial charge < -0.3 is 9.67 Å². The number of hydrogen-bond acceptors (Lipinski definition) is 2. The SMILES string of the molecule is OC1CCCc2cn(CCc3ccncc3)cc21. The summed E-state index contributed by atoms with van der Waals surface area (Å²) in [5.41, 5.74) is 3.76. The molecule has 0 radical (unpaired) electrons. The molecule has 1 aliphatic carbocycles. The number of rotatable bonds is 3. The number of hydrogen-bond donors (Lipinski definition) is 1. The van der Waals surface area contributed by atoms with Crippen molar-refractivity contribution in [1.29, 1.82) is 0 Å². The molecule has 0 aliphatic heterocycles. The van der Waals surface area contributed by atoms with Crippen molar-refractivity contribution < 1.29 is 5.11 Å². The highest BCUT2D eigenvalue weighted by Gasteiger charge is 2.19. The van der Waals surface area contributed by atoms with Gasteiger partial charge in [-0.3, -0.25) is 4.98 Å². The van der Waals surface area contributed by atoms with Crippen molar-refractivity contribution in [1.82, 2.24) is 9.55 Å². The maximum Gasteiger partial charge on any atom is 0.0807 e. The number of fused-ring (bicyclic) bond motifs is 1. The van der Waals surface area contributed by atoms with Crippen molar-refractivity contribution in [3.05, 3.63) is 53.6 Å². The molecule has 0 amide bonds. The van der Waals surface area contributed by atoms with Crippen molar-refractivity contribution >= 4 is 0 Å². The first-order valence-electron chi connectivity index (χ1n) is 6.58. The summed E-state index contributed by atoms with van der Waals surface area (Å²) in [5.74, 6) is 0. The van der Waals surface area contributed by atoms with Crippen LogP contribution in [0.15, 0.2) is 36.9 Å². The number of aliphatic hydroxyl groups excluding tert-OH is 1. The molecule has 0 bridgehead atoms. The van der Waals surface area contributed by atoms with Gasteiger partial charge in [-0.1, -0.05) is 0 Å². The Morgan fingerprint density at radius 2 is 2.11 bits per heavy atom. The number of aromatic nitrogens is 2. The maximum absolute atomic E-state index is 9.94. The van der Waals surface area contributed by atoms with Crippen molar-refractivity contribution in [2.24, 2.45) is 0 Å². The van der Waals surface area contributed by atoms with E-state index in [1.165, 1.54) is 11.1 Å². The van der Waals surface area contributed by atoms with Gasteiger partial charge in [0.15, 0.2) is 0 Å². The number of nitrogens with zero attached hydrogens (tertiary/aromatic N) is 2. The lowest BCUT2D eigenvalue weighted by Crippen LogP contribution is -2.05. The van der Waals surface area contributed by atoms with Crippen LogP contribution in [0.1, 0.15) is 35.6 Å². The maximum atomic E-state index is 9.94. The lowest BCUT2D eigenvalue weighted by molar-refractivity contribution is 0.157. The Bertz CT molecular complexity index is 519. The second kappa shape index (κ2) is 4.94. The molecular weight excluding hydrogens is 224 g/mol. The van der Waals surface area contributed by atoms with Gasteiger partial charge in [0.25, 0.3) is 0 Å². The van der Waals surface area contributed by atoms with E-state index in [0.717, 1.165) is 37.8 Å². The smallest absolute Gasteiger partial charge is 0.0807 e. The monoisotopic (exact) mass is 242 g/mol. The third kappa shape index (κ3) is 2.31. The van der Waals surface area contributed by atoms with E-state index in [2.05, 4.69) is 34.1 Å². The van der Waals surface area contributed by atoms with E-state index in [1.54, 1.807) is 0 Å². The molecule has 0 spiro atoms. The van der Waals surface area contributed by atoms with Gasteiger partial charge in [-0.25, -0.2) is 0 Å². The average Bonchev–Trinajstić information content (AvgIpc) is 2.82. The highest BCUT2D eigenvalue weighted by atomic mass is 16.3. The molecule has 1 atom stereocenters. The first kappa shape index (κ1) is 11.5. The van der Waals surface area contributed by atoms with Gasteiger partial charge in [0.05, 0.1) is 6.10 Å². The fourth-order valence-electron chi connectivity index (χ4n) is 2.66. The van der Waals surface area contributed by atoms with E-state index in [-0.39, 0.29) is 6.10 Å². The molecular formula is C15H18N2O. The largest absolute Gasteiger partial charge is 0.388 e. The first-order chi connectivity index (χ1) is 8.83. The summed E-state index contributed by atoms with van der Waals surface area (Å²) in [6.07, 6.45) is 11.8. The van der Waals surface area contributed by atoms with Crippen LogP contribution in [0, 0.1) is 0 Å². The van der Waals surface area contributed by atoms with Crippen LogP contribution >= 0.6 is 0 Å². The van der Waals surface area contributed by atoms with E-state index >= 15 is 0 Å². The lowest BCUT2D eigenvalue weighted by atomic mass is 9.93. The Balaban J connectivity index is 1.70. The molecule has 0 saturated heterocycles. The average molecular weight is 242 g/mol. The molecule has 18 heavy (non-hydrogen) atoms. The van der Waals surface area contributed by atoms with E-state index in [0.29, 0.717) is 0 Å². The zero-order valence-corrected chi connectivity index (χ0v) is 10.4. The summed E-state index contributed by atoms with van der Waals surface area (Å²) in [7, 11) is 0. The van der Waals surface area contributed by atoms with Gasteiger partial charge in [-0.15, -0.1) is 0 Å². The molecule has 1 aliphatic rings. The highest BCUT2D eigenvalue weighted by molar-refractivity contribution is 5.29. The molecule has 2 heterocycles. The normalized spacial score (nSPS) is 18.6. The number of aliphatic hydroxyl groups is 1. The molecule has 3 rings (SSSR count). The second-order valence-electron chi connectivity index (χ2n) is 4.99. The number of aryl methyl sites for hydroxylation is 3. The summed E-state index contributed by atoms with van der Waals surface area (Å²) in [6.45, 7) is 0.962. The molecule has 3 nitrogen and oxygen atoms in total. The minimum atomic E-state index is -0.254. The fourth-order valence-corrected chi connectivity index (χ4v) is 2.66. The Morgan fingerprint density at radius 1 is 1.28 bits per heavy atom. The van der Waals surface area contributed by atoms with Crippen molar-refractivity contribution in [3.63, 3.8) is 0 Å². The summed E-state index contributed by atoms with van der Waals surface area (Å²) in [5, 5.41) is 9.94. The fraction of sp³-hybridized carbons (Fsp3) is 0.400. The topological polar surface area (TPSA) is 38.0 Å². The molecule has 94 valence electrons. The molecule has 1 unspecified atom stereocenters. The predicted octanol–water partition coefficient (Wildman–Crippen LogP) is 2.50. The Labute approximate surface area is 107 Å². The van der Waals surface area contributed by atoms with E-state index in [1.807, 2.05) is 12.4 Å². The predicted molar refractivity (Wildman–Crippen MR) is 70.3 cm³/mol. The number of pyridine rings is 1. The van der Waals surface area contributed by atoms with Crippen molar-refractivity contribution in [2.45, 2.75) is 38.3 Å². The van der Waals surface area contributed by atoms with Gasteiger partial charge in [-0.2, -0.15) is 0 Å². The van der Waals surface area contributed by atoms with E-state index in [4.69, 9.17) is 0 Å². The van der Waals surface area contributed by atoms with Crippen LogP contribution in [0.3, 0.4) is 0 Å². The van der Waals surface area contributed by atoms with Gasteiger partial charge in [-0.05, 0) is 48.9 Å². The summed E-state index contributed by atoms with van der Waals surface area (Å²) in [4.78, 5) is 4.02. The van der Waals surface area contributed by atoms with Crippen LogP contribution in [-0.4, -0.2) is 14.7 Å². The van der Waals surface area contributed by atoms with Crippen molar-refractivity contribution in [3.8, 4) is 0 Å². The van der Waals surface area contributed by atoms with Crippen molar-refractivity contribution in [2.75, 3.05) is 0 Å². The van der Waals surface area contributed by atoms with Gasteiger partial charge in [0, 0.05) is 36.9 Å². The molecule has 1 N–H and O–H groups in total. The first-order valence-corrected chi connectivity index (χ1v) is 6.58. The third-order valence-corrected chi connectivity index (χ3v) is 3.69. The van der Waals surface area contributed by atoms with Crippen LogP contribution in [0.4, 0.5) is 0 Å². The quantitative estimate of drug-likeness (QED) is 0.898. The van der Waals surface area contributed by atoms with E-state index < -0.39 is 0 Å². The van der Waals surface area contributed by atoms with Crippen LogP contribution in [0.5, 0.6) is 0 Å². The summed E-state index contributed by atoms with van der Waals surface area (Å²) < 4.78 is 2.21. The summed E-state index contributed by atoms with van der Waals surface area (Å²) >= 11 is 0. The minimum Gasteiger partial charge on any atom is -0.388 e. The van der Waals surface area contributed by atoms with Gasteiger partial charge >= 0.3 is 0 Å². The zero-order chi connectivity index (χ0) is 12.4. The van der Waals surface area contributed by atoms with Crippen LogP contribution in [0.25, 0.3) is 0 Å². The molecule has 0 aromatic carbocycles. The Morgan fingerprint density at radius 3 is 2.89 bits per heavy atom. The second-order valence-corrected chi connectivity index (χ2v) is 4.99. The van der Waals surface area contributed by atoms with E-state index in [9.17, 15) is 5.11 Å².